The Morgan fingerprint density at radius 2 is 1.75 bits per heavy atom. The topological polar surface area (TPSA) is 42.1 Å². The first-order valence-electron chi connectivity index (χ1n) is 8.71. The van der Waals surface area contributed by atoms with Crippen LogP contribution < -0.4 is 5.73 Å². The number of hydrogen-bond donors (Lipinski definition) is 1. The average Bonchev–Trinajstić information content (AvgIpc) is 3.16. The Bertz CT molecular complexity index is 849. The molecule has 3 nitrogen and oxygen atoms in total. The molecule has 2 heterocycles. The Balaban J connectivity index is 1.69. The third kappa shape index (κ3) is 2.65. The molecule has 122 valence electrons. The van der Waals surface area contributed by atoms with Crippen molar-refractivity contribution in [3.63, 3.8) is 0 Å². The Morgan fingerprint density at radius 1 is 1.00 bits per heavy atom. The number of fused-ring (bicyclic) bond motifs is 1. The maximum absolute atomic E-state index is 6.09. The van der Waals surface area contributed by atoms with Crippen molar-refractivity contribution in [1.29, 1.82) is 0 Å². The van der Waals surface area contributed by atoms with Gasteiger partial charge in [0.1, 0.15) is 0 Å². The van der Waals surface area contributed by atoms with Gasteiger partial charge in [-0.15, -0.1) is 0 Å². The summed E-state index contributed by atoms with van der Waals surface area (Å²) in [6.07, 6.45) is 4.43. The summed E-state index contributed by atoms with van der Waals surface area (Å²) in [4.78, 5) is 7.12. The van der Waals surface area contributed by atoms with Crippen LogP contribution in [-0.2, 0) is 0 Å². The van der Waals surface area contributed by atoms with E-state index in [9.17, 15) is 0 Å². The Labute approximate surface area is 143 Å². The fourth-order valence-electron chi connectivity index (χ4n) is 3.71. The van der Waals surface area contributed by atoms with Crippen LogP contribution in [0.4, 0.5) is 5.69 Å². The highest BCUT2D eigenvalue weighted by Crippen LogP contribution is 2.31. The summed E-state index contributed by atoms with van der Waals surface area (Å²) in [5.74, 6) is 0. The van der Waals surface area contributed by atoms with E-state index in [4.69, 9.17) is 5.73 Å². The molecule has 0 radical (unpaired) electrons. The quantitative estimate of drug-likeness (QED) is 0.765. The van der Waals surface area contributed by atoms with Crippen molar-refractivity contribution >= 4 is 16.6 Å². The zero-order chi connectivity index (χ0) is 16.5. The zero-order valence-corrected chi connectivity index (χ0v) is 14.1. The van der Waals surface area contributed by atoms with Crippen molar-refractivity contribution < 1.29 is 0 Å². The van der Waals surface area contributed by atoms with Gasteiger partial charge >= 0.3 is 0 Å². The minimum atomic E-state index is 0.489. The van der Waals surface area contributed by atoms with Crippen molar-refractivity contribution in [3.8, 4) is 11.1 Å². The van der Waals surface area contributed by atoms with Crippen molar-refractivity contribution in [3.05, 3.63) is 60.3 Å². The summed E-state index contributed by atoms with van der Waals surface area (Å²) in [6.45, 7) is 4.74. The number of nitrogens with two attached hydrogens (primary N) is 1. The molecule has 0 spiro atoms. The molecule has 2 N–H and O–H groups in total. The van der Waals surface area contributed by atoms with E-state index in [1.165, 1.54) is 37.1 Å². The van der Waals surface area contributed by atoms with Crippen molar-refractivity contribution in [2.75, 3.05) is 18.8 Å². The monoisotopic (exact) mass is 317 g/mol. The molecular weight excluding hydrogens is 294 g/mol. The summed E-state index contributed by atoms with van der Waals surface area (Å²) >= 11 is 0. The maximum Gasteiger partial charge on any atom is 0.0800 e. The normalized spacial score (nSPS) is 16.5. The third-order valence-electron chi connectivity index (χ3n) is 5.20. The molecule has 0 aliphatic carbocycles. The van der Waals surface area contributed by atoms with Crippen molar-refractivity contribution in [2.45, 2.75) is 25.8 Å². The van der Waals surface area contributed by atoms with Gasteiger partial charge in [-0.05, 0) is 50.0 Å². The van der Waals surface area contributed by atoms with Crippen LogP contribution in [-0.4, -0.2) is 23.0 Å². The number of benzene rings is 2. The first kappa shape index (κ1) is 15.2. The third-order valence-corrected chi connectivity index (χ3v) is 5.20. The van der Waals surface area contributed by atoms with Gasteiger partial charge in [0, 0.05) is 28.9 Å². The van der Waals surface area contributed by atoms with E-state index in [2.05, 4.69) is 53.2 Å². The van der Waals surface area contributed by atoms with E-state index in [0.717, 1.165) is 22.2 Å². The van der Waals surface area contributed by atoms with Gasteiger partial charge in [-0.2, -0.15) is 0 Å². The largest absolute Gasteiger partial charge is 0.398 e. The molecule has 24 heavy (non-hydrogen) atoms. The number of hydrogen-bond acceptors (Lipinski definition) is 3. The molecule has 0 amide bonds. The summed E-state index contributed by atoms with van der Waals surface area (Å²) in [6, 6.07) is 17.5. The lowest BCUT2D eigenvalue weighted by Gasteiger charge is -2.24. The van der Waals surface area contributed by atoms with Gasteiger partial charge < -0.3 is 5.73 Å². The molecule has 4 rings (SSSR count). The zero-order valence-electron chi connectivity index (χ0n) is 14.1. The second-order valence-corrected chi connectivity index (χ2v) is 6.64. The standard InChI is InChI=1S/C21H23N3/c1-15(24-13-2-3-14-24)16-7-9-17(10-8-16)18-5-4-6-19-20(22)11-12-23-21(18)19/h4-12,15H,2-3,13-14H2,1H3,(H2,22,23)/t15-/m1/s1. The van der Waals surface area contributed by atoms with E-state index in [-0.39, 0.29) is 0 Å². The van der Waals surface area contributed by atoms with Crippen LogP contribution in [0.1, 0.15) is 31.4 Å². The molecule has 2 aromatic carbocycles. The predicted octanol–water partition coefficient (Wildman–Crippen LogP) is 4.64. The highest BCUT2D eigenvalue weighted by molar-refractivity contribution is 5.99. The fraction of sp³-hybridized carbons (Fsp3) is 0.286. The molecule has 0 bridgehead atoms. The lowest BCUT2D eigenvalue weighted by Crippen LogP contribution is -2.23. The number of likely N-dealkylation sites (tertiary alicyclic amines) is 1. The number of rotatable bonds is 3. The lowest BCUT2D eigenvalue weighted by molar-refractivity contribution is 0.263. The minimum absolute atomic E-state index is 0.489. The first-order valence-corrected chi connectivity index (χ1v) is 8.71. The molecule has 1 aliphatic heterocycles. The Kier molecular flexibility index (Phi) is 3.95. The molecule has 0 unspecified atom stereocenters. The van der Waals surface area contributed by atoms with Gasteiger partial charge in [-0.3, -0.25) is 9.88 Å². The Hall–Kier alpha value is -2.39. The van der Waals surface area contributed by atoms with Gasteiger partial charge in [0.25, 0.3) is 0 Å². The van der Waals surface area contributed by atoms with Crippen molar-refractivity contribution in [1.82, 2.24) is 9.88 Å². The van der Waals surface area contributed by atoms with Crippen LogP contribution in [0.5, 0.6) is 0 Å². The number of aromatic nitrogens is 1. The second kappa shape index (κ2) is 6.25. The fourth-order valence-corrected chi connectivity index (χ4v) is 3.71. The van der Waals surface area contributed by atoms with Crippen LogP contribution in [0.3, 0.4) is 0 Å². The molecular formula is C21H23N3. The molecule has 3 heteroatoms. The highest BCUT2D eigenvalue weighted by Gasteiger charge is 2.19. The van der Waals surface area contributed by atoms with Crippen LogP contribution in [0.2, 0.25) is 0 Å². The minimum Gasteiger partial charge on any atom is -0.398 e. The first-order chi connectivity index (χ1) is 11.7. The summed E-state index contributed by atoms with van der Waals surface area (Å²) in [5.41, 5.74) is 11.6. The molecule has 1 atom stereocenters. The van der Waals surface area contributed by atoms with Crippen LogP contribution in [0, 0.1) is 0 Å². The smallest absolute Gasteiger partial charge is 0.0800 e. The predicted molar refractivity (Wildman–Crippen MR) is 101 cm³/mol. The number of nitrogen functional groups attached to an aromatic ring is 1. The lowest BCUT2D eigenvalue weighted by atomic mass is 9.98. The van der Waals surface area contributed by atoms with E-state index < -0.39 is 0 Å². The van der Waals surface area contributed by atoms with E-state index >= 15 is 0 Å². The van der Waals surface area contributed by atoms with Crippen LogP contribution in [0.15, 0.2) is 54.7 Å². The molecule has 1 saturated heterocycles. The summed E-state index contributed by atoms with van der Waals surface area (Å²) < 4.78 is 0. The van der Waals surface area contributed by atoms with Gasteiger partial charge in [0.2, 0.25) is 0 Å². The van der Waals surface area contributed by atoms with Gasteiger partial charge in [-0.25, -0.2) is 0 Å². The average molecular weight is 317 g/mol. The van der Waals surface area contributed by atoms with Crippen molar-refractivity contribution in [2.24, 2.45) is 0 Å². The summed E-state index contributed by atoms with van der Waals surface area (Å²) in [7, 11) is 0. The maximum atomic E-state index is 6.09. The molecule has 3 aromatic rings. The van der Waals surface area contributed by atoms with E-state index in [1.54, 1.807) is 6.20 Å². The summed E-state index contributed by atoms with van der Waals surface area (Å²) in [5, 5.41) is 1.02. The van der Waals surface area contributed by atoms with Crippen LogP contribution >= 0.6 is 0 Å². The molecule has 1 aromatic heterocycles. The molecule has 0 saturated carbocycles. The van der Waals surface area contributed by atoms with Gasteiger partial charge in [0.15, 0.2) is 0 Å². The van der Waals surface area contributed by atoms with Gasteiger partial charge in [0.05, 0.1) is 5.52 Å². The Morgan fingerprint density at radius 3 is 2.50 bits per heavy atom. The number of pyridine rings is 1. The molecule has 1 aliphatic rings. The number of anilines is 1. The van der Waals surface area contributed by atoms with Crippen LogP contribution in [0.25, 0.3) is 22.0 Å². The van der Waals surface area contributed by atoms with Gasteiger partial charge in [-0.1, -0.05) is 42.5 Å². The SMILES string of the molecule is C[C@H](c1ccc(-c2cccc3c(N)ccnc23)cc1)N1CCCC1. The van der Waals surface area contributed by atoms with E-state index in [0.29, 0.717) is 6.04 Å². The molecule has 1 fully saturated rings. The number of nitrogens with zero attached hydrogens (tertiary/aromatic N) is 2. The second-order valence-electron chi connectivity index (χ2n) is 6.64. The number of para-hydroxylation sites is 1. The van der Waals surface area contributed by atoms with E-state index in [1.807, 2.05) is 12.1 Å². The highest BCUT2D eigenvalue weighted by atomic mass is 15.2.